The van der Waals surface area contributed by atoms with Crippen molar-refractivity contribution in [1.29, 1.82) is 0 Å². The fraction of sp³-hybridized carbons (Fsp3) is 0.438. The lowest BCUT2D eigenvalue weighted by atomic mass is 9.96. The summed E-state index contributed by atoms with van der Waals surface area (Å²) in [4.78, 5) is 32.8. The third-order valence-corrected chi connectivity index (χ3v) is 4.42. The first-order valence-corrected chi connectivity index (χ1v) is 8.29. The molecule has 10 nitrogen and oxygen atoms in total. The minimum atomic E-state index is -0.497. The maximum absolute atomic E-state index is 11.4. The SMILES string of the molecule is Cc1nc(N2CCC(C(N)=O)CC2)nc(NCc2ccco2)c1[N+](=O)[O-]. The van der Waals surface area contributed by atoms with Gasteiger partial charge in [-0.1, -0.05) is 0 Å². The number of nitro groups is 1. The molecule has 3 heterocycles. The van der Waals surface area contributed by atoms with Crippen LogP contribution in [0.1, 0.15) is 24.3 Å². The van der Waals surface area contributed by atoms with Gasteiger partial charge >= 0.3 is 5.69 Å². The maximum Gasteiger partial charge on any atom is 0.332 e. The van der Waals surface area contributed by atoms with Gasteiger partial charge in [-0.3, -0.25) is 14.9 Å². The molecule has 138 valence electrons. The van der Waals surface area contributed by atoms with Crippen LogP contribution < -0.4 is 16.0 Å². The van der Waals surface area contributed by atoms with Gasteiger partial charge in [-0.05, 0) is 31.9 Å². The van der Waals surface area contributed by atoms with Crippen LogP contribution in [0.15, 0.2) is 22.8 Å². The highest BCUT2D eigenvalue weighted by Crippen LogP contribution is 2.29. The van der Waals surface area contributed by atoms with Crippen molar-refractivity contribution < 1.29 is 14.1 Å². The molecule has 0 atom stereocenters. The Morgan fingerprint density at radius 1 is 1.46 bits per heavy atom. The molecule has 0 spiro atoms. The molecule has 0 aromatic carbocycles. The number of nitrogens with zero attached hydrogens (tertiary/aromatic N) is 4. The Balaban J connectivity index is 1.83. The molecule has 3 rings (SSSR count). The summed E-state index contributed by atoms with van der Waals surface area (Å²) in [7, 11) is 0. The topological polar surface area (TPSA) is 140 Å². The van der Waals surface area contributed by atoms with Gasteiger partial charge in [0.2, 0.25) is 17.7 Å². The number of piperidine rings is 1. The van der Waals surface area contributed by atoms with Crippen molar-refractivity contribution in [2.45, 2.75) is 26.3 Å². The average molecular weight is 360 g/mol. The monoisotopic (exact) mass is 360 g/mol. The van der Waals surface area contributed by atoms with Gasteiger partial charge in [0.1, 0.15) is 11.5 Å². The number of anilines is 2. The van der Waals surface area contributed by atoms with E-state index >= 15 is 0 Å². The summed E-state index contributed by atoms with van der Waals surface area (Å²) >= 11 is 0. The van der Waals surface area contributed by atoms with Gasteiger partial charge in [0.15, 0.2) is 0 Å². The third kappa shape index (κ3) is 3.73. The quantitative estimate of drug-likeness (QED) is 0.584. The van der Waals surface area contributed by atoms with Crippen LogP contribution in [-0.2, 0) is 11.3 Å². The van der Waals surface area contributed by atoms with Crippen LogP contribution >= 0.6 is 0 Å². The van der Waals surface area contributed by atoms with E-state index in [1.54, 1.807) is 19.1 Å². The highest BCUT2D eigenvalue weighted by molar-refractivity contribution is 5.77. The molecule has 1 fully saturated rings. The molecule has 1 amide bonds. The smallest absolute Gasteiger partial charge is 0.332 e. The van der Waals surface area contributed by atoms with Crippen LogP contribution in [0.5, 0.6) is 0 Å². The van der Waals surface area contributed by atoms with Crippen molar-refractivity contribution in [3.05, 3.63) is 40.0 Å². The lowest BCUT2D eigenvalue weighted by Crippen LogP contribution is -2.39. The molecule has 0 saturated carbocycles. The number of nitrogens with two attached hydrogens (primary N) is 1. The first-order valence-electron chi connectivity index (χ1n) is 8.29. The van der Waals surface area contributed by atoms with Crippen molar-refractivity contribution in [3.63, 3.8) is 0 Å². The van der Waals surface area contributed by atoms with E-state index in [4.69, 9.17) is 10.2 Å². The van der Waals surface area contributed by atoms with Gasteiger partial charge < -0.3 is 20.4 Å². The predicted octanol–water partition coefficient (Wildman–Crippen LogP) is 1.60. The number of carbonyl (C=O) groups is 1. The van der Waals surface area contributed by atoms with Crippen molar-refractivity contribution in [2.24, 2.45) is 11.7 Å². The van der Waals surface area contributed by atoms with E-state index in [9.17, 15) is 14.9 Å². The zero-order chi connectivity index (χ0) is 18.7. The number of primary amides is 1. The summed E-state index contributed by atoms with van der Waals surface area (Å²) < 4.78 is 5.24. The number of furan rings is 1. The molecular weight excluding hydrogens is 340 g/mol. The van der Waals surface area contributed by atoms with E-state index in [0.29, 0.717) is 37.6 Å². The Hall–Kier alpha value is -3.17. The van der Waals surface area contributed by atoms with Crippen LogP contribution in [0.2, 0.25) is 0 Å². The van der Waals surface area contributed by atoms with Gasteiger partial charge in [-0.15, -0.1) is 0 Å². The number of amides is 1. The summed E-state index contributed by atoms with van der Waals surface area (Å²) in [5.41, 5.74) is 5.47. The van der Waals surface area contributed by atoms with Crippen molar-refractivity contribution in [1.82, 2.24) is 9.97 Å². The maximum atomic E-state index is 11.4. The number of hydrogen-bond acceptors (Lipinski definition) is 8. The third-order valence-electron chi connectivity index (χ3n) is 4.42. The zero-order valence-corrected chi connectivity index (χ0v) is 14.3. The molecule has 0 aliphatic carbocycles. The zero-order valence-electron chi connectivity index (χ0n) is 14.3. The highest BCUT2D eigenvalue weighted by Gasteiger charge is 2.28. The van der Waals surface area contributed by atoms with E-state index in [0.717, 1.165) is 0 Å². The van der Waals surface area contributed by atoms with Crippen LogP contribution in [0.25, 0.3) is 0 Å². The number of aryl methyl sites for hydroxylation is 1. The van der Waals surface area contributed by atoms with Crippen LogP contribution in [0.3, 0.4) is 0 Å². The molecule has 0 unspecified atom stereocenters. The number of rotatable bonds is 6. The van der Waals surface area contributed by atoms with E-state index in [-0.39, 0.29) is 35.6 Å². The first-order chi connectivity index (χ1) is 12.5. The van der Waals surface area contributed by atoms with Gasteiger partial charge in [0.05, 0.1) is 17.7 Å². The molecular formula is C16H20N6O4. The number of carbonyl (C=O) groups excluding carboxylic acids is 1. The fourth-order valence-electron chi connectivity index (χ4n) is 2.98. The second kappa shape index (κ2) is 7.38. The van der Waals surface area contributed by atoms with E-state index in [1.807, 2.05) is 4.90 Å². The molecule has 0 radical (unpaired) electrons. The fourth-order valence-corrected chi connectivity index (χ4v) is 2.98. The van der Waals surface area contributed by atoms with Gasteiger partial charge in [-0.25, -0.2) is 4.98 Å². The van der Waals surface area contributed by atoms with Gasteiger partial charge in [-0.2, -0.15) is 4.98 Å². The minimum Gasteiger partial charge on any atom is -0.467 e. The van der Waals surface area contributed by atoms with Gasteiger partial charge in [0.25, 0.3) is 0 Å². The molecule has 1 aliphatic rings. The largest absolute Gasteiger partial charge is 0.467 e. The van der Waals surface area contributed by atoms with E-state index in [2.05, 4.69) is 15.3 Å². The summed E-state index contributed by atoms with van der Waals surface area (Å²) in [6.07, 6.45) is 2.76. The minimum absolute atomic E-state index is 0.144. The number of hydrogen-bond donors (Lipinski definition) is 2. The molecule has 0 bridgehead atoms. The second-order valence-corrected chi connectivity index (χ2v) is 6.16. The summed E-state index contributed by atoms with van der Waals surface area (Å²) in [5.74, 6) is 0.733. The van der Waals surface area contributed by atoms with Gasteiger partial charge in [0, 0.05) is 19.0 Å². The number of aromatic nitrogens is 2. The molecule has 2 aromatic rings. The Kier molecular flexibility index (Phi) is 5.01. The van der Waals surface area contributed by atoms with Crippen molar-refractivity contribution in [2.75, 3.05) is 23.3 Å². The molecule has 1 aliphatic heterocycles. The molecule has 26 heavy (non-hydrogen) atoms. The van der Waals surface area contributed by atoms with E-state index in [1.165, 1.54) is 6.26 Å². The highest BCUT2D eigenvalue weighted by atomic mass is 16.6. The summed E-state index contributed by atoms with van der Waals surface area (Å²) in [6.45, 7) is 3.00. The second-order valence-electron chi connectivity index (χ2n) is 6.16. The Morgan fingerprint density at radius 2 is 2.19 bits per heavy atom. The Labute approximate surface area is 149 Å². The molecule has 3 N–H and O–H groups in total. The summed E-state index contributed by atoms with van der Waals surface area (Å²) in [5, 5.41) is 14.4. The Morgan fingerprint density at radius 3 is 2.77 bits per heavy atom. The standard InChI is InChI=1S/C16H20N6O4/c1-10-13(22(24)25)15(18-9-12-3-2-8-26-12)20-16(19-10)21-6-4-11(5-7-21)14(17)23/h2-3,8,11H,4-7,9H2,1H3,(H2,17,23)(H,18,19,20). The van der Waals surface area contributed by atoms with E-state index < -0.39 is 4.92 Å². The van der Waals surface area contributed by atoms with Crippen LogP contribution in [-0.4, -0.2) is 33.9 Å². The molecule has 10 heteroatoms. The lowest BCUT2D eigenvalue weighted by molar-refractivity contribution is -0.385. The average Bonchev–Trinajstić information content (AvgIpc) is 3.12. The van der Waals surface area contributed by atoms with Crippen LogP contribution in [0, 0.1) is 23.0 Å². The van der Waals surface area contributed by atoms with Crippen LogP contribution in [0.4, 0.5) is 17.5 Å². The predicted molar refractivity (Wildman–Crippen MR) is 93.6 cm³/mol. The van der Waals surface area contributed by atoms with Crippen molar-refractivity contribution in [3.8, 4) is 0 Å². The summed E-state index contributed by atoms with van der Waals surface area (Å²) in [6, 6.07) is 3.51. The van der Waals surface area contributed by atoms with Crippen molar-refractivity contribution >= 4 is 23.4 Å². The first kappa shape index (κ1) is 17.6. The molecule has 1 saturated heterocycles. The normalized spacial score (nSPS) is 15.0. The Bertz CT molecular complexity index is 799. The molecule has 2 aromatic heterocycles. The lowest BCUT2D eigenvalue weighted by Gasteiger charge is -2.30. The number of nitrogens with one attached hydrogen (secondary N) is 1.